The molecule has 2 aliphatic rings. The summed E-state index contributed by atoms with van der Waals surface area (Å²) in [6, 6.07) is 3.29. The molecule has 0 bridgehead atoms. The van der Waals surface area contributed by atoms with Crippen molar-refractivity contribution in [2.75, 3.05) is 40.4 Å². The number of hydrogen-bond donors (Lipinski definition) is 1. The Kier molecular flexibility index (Phi) is 13.8. The van der Waals surface area contributed by atoms with Crippen LogP contribution in [0.15, 0.2) is 24.8 Å². The molecule has 2 aromatic rings. The smallest absolute Gasteiger partial charge is 0.446 e. The molecule has 2 fully saturated rings. The number of rotatable bonds is 6. The van der Waals surface area contributed by atoms with E-state index in [0.29, 0.717) is 43.5 Å². The Balaban J connectivity index is 0.000000342. The molecule has 230 valence electrons. The van der Waals surface area contributed by atoms with Crippen LogP contribution in [0.3, 0.4) is 0 Å². The summed E-state index contributed by atoms with van der Waals surface area (Å²) in [5, 5.41) is 3.11. The first-order chi connectivity index (χ1) is 19.7. The number of nitrogens with one attached hydrogen (secondary N) is 1. The average Bonchev–Trinajstić information content (AvgIpc) is 2.88. The van der Waals surface area contributed by atoms with Crippen molar-refractivity contribution in [2.45, 2.75) is 58.6 Å². The number of carbonyl (C=O) groups excluding carboxylic acids is 2. The van der Waals surface area contributed by atoms with Gasteiger partial charge in [-0.3, -0.25) is 4.79 Å². The number of carbonyl (C=O) groups is 2. The van der Waals surface area contributed by atoms with Crippen LogP contribution in [0.1, 0.15) is 36.0 Å². The number of amides is 1. The quantitative estimate of drug-likeness (QED) is 0.492. The number of likely N-dealkylation sites (tertiary alicyclic amines) is 1. The summed E-state index contributed by atoms with van der Waals surface area (Å²) >= 11 is 0. The van der Waals surface area contributed by atoms with Crippen molar-refractivity contribution >= 4 is 12.4 Å². The fraction of sp³-hybridized carbons (Fsp3) is 0.600. The van der Waals surface area contributed by atoms with Crippen LogP contribution >= 0.6 is 0 Å². The van der Waals surface area contributed by atoms with Crippen LogP contribution in [-0.2, 0) is 9.53 Å². The number of aromatic nitrogens is 4. The summed E-state index contributed by atoms with van der Waals surface area (Å²) in [6.07, 6.45) is -3.06. The highest BCUT2D eigenvalue weighted by molar-refractivity contribution is 5.69. The van der Waals surface area contributed by atoms with Gasteiger partial charge < -0.3 is 33.9 Å². The minimum absolute atomic E-state index is 0.0814. The van der Waals surface area contributed by atoms with E-state index in [9.17, 15) is 18.0 Å². The number of aldehydes is 1. The fourth-order valence-electron chi connectivity index (χ4n) is 2.67. The van der Waals surface area contributed by atoms with Gasteiger partial charge in [-0.2, -0.15) is 13.2 Å². The molecule has 0 radical (unpaired) electrons. The highest BCUT2D eigenvalue weighted by Gasteiger charge is 2.35. The highest BCUT2D eigenvalue weighted by atomic mass is 19.4. The third-order valence-electron chi connectivity index (χ3n) is 4.60. The van der Waals surface area contributed by atoms with Crippen LogP contribution < -0.4 is 24.3 Å². The van der Waals surface area contributed by atoms with E-state index in [0.717, 1.165) is 13.1 Å². The first kappa shape index (κ1) is 33.3. The predicted octanol–water partition coefficient (Wildman–Crippen LogP) is 3.09. The van der Waals surface area contributed by atoms with Gasteiger partial charge in [0.2, 0.25) is 29.8 Å². The Labute approximate surface area is 238 Å². The first-order valence-corrected chi connectivity index (χ1v) is 12.3. The molecule has 13 nitrogen and oxygen atoms in total. The van der Waals surface area contributed by atoms with Crippen molar-refractivity contribution in [1.82, 2.24) is 30.2 Å². The number of ether oxygens (including phenoxy) is 5. The summed E-state index contributed by atoms with van der Waals surface area (Å²) < 4.78 is 63.8. The van der Waals surface area contributed by atoms with E-state index in [1.54, 1.807) is 31.1 Å². The molecule has 0 aliphatic carbocycles. The number of nitrogens with zero attached hydrogens (tertiary/aromatic N) is 5. The van der Waals surface area contributed by atoms with Crippen LogP contribution in [0.2, 0.25) is 0 Å². The lowest BCUT2D eigenvalue weighted by molar-refractivity contribution is -0.156. The fourth-order valence-corrected chi connectivity index (χ4v) is 2.67. The zero-order valence-corrected chi connectivity index (χ0v) is 23.8. The molecule has 0 unspecified atom stereocenters. The second kappa shape index (κ2) is 17.0. The van der Waals surface area contributed by atoms with Gasteiger partial charge in [-0.05, 0) is 20.8 Å². The summed E-state index contributed by atoms with van der Waals surface area (Å²) in [5.74, 6) is 1.97. The molecule has 16 heteroatoms. The van der Waals surface area contributed by atoms with E-state index in [1.165, 1.54) is 19.8 Å². The summed E-state index contributed by atoms with van der Waals surface area (Å²) in [6.45, 7) is 10.5. The second-order valence-corrected chi connectivity index (χ2v) is 8.98. The normalized spacial score (nSPS) is 14.9. The number of hydrogen-bond acceptors (Lipinski definition) is 12. The van der Waals surface area contributed by atoms with Crippen LogP contribution in [0.4, 0.5) is 18.0 Å². The van der Waals surface area contributed by atoms with Gasteiger partial charge in [-0.1, -0.05) is 13.8 Å². The predicted molar refractivity (Wildman–Crippen MR) is 140 cm³/mol. The SMILES string of the molecule is COc1cc(OC2CN(C(=O)OC(C)(C)C)C2)ncn1.COc1cc(OC2CNC2)ncn1.O=CC(F)(F)F.[2H]CC. The number of alkyl halides is 3. The monoisotopic (exact) mass is 591 g/mol. The molecule has 0 aromatic carbocycles. The van der Waals surface area contributed by atoms with Gasteiger partial charge in [0.15, 0.2) is 0 Å². The van der Waals surface area contributed by atoms with Crippen molar-refractivity contribution in [2.24, 2.45) is 0 Å². The Bertz CT molecular complexity index is 1080. The van der Waals surface area contributed by atoms with Crippen LogP contribution in [0.5, 0.6) is 23.5 Å². The third kappa shape index (κ3) is 14.3. The Morgan fingerprint density at radius 1 is 0.951 bits per heavy atom. The summed E-state index contributed by atoms with van der Waals surface area (Å²) in [5.41, 5.74) is -0.483. The van der Waals surface area contributed by atoms with Gasteiger partial charge in [-0.25, -0.2) is 24.7 Å². The van der Waals surface area contributed by atoms with Gasteiger partial charge in [0, 0.05) is 14.5 Å². The van der Waals surface area contributed by atoms with Gasteiger partial charge in [0.05, 0.1) is 39.4 Å². The Morgan fingerprint density at radius 3 is 1.71 bits per heavy atom. The zero-order valence-electron chi connectivity index (χ0n) is 24.8. The molecule has 4 heterocycles. The molecule has 1 N–H and O–H groups in total. The van der Waals surface area contributed by atoms with E-state index in [-0.39, 0.29) is 18.3 Å². The van der Waals surface area contributed by atoms with E-state index in [4.69, 9.17) is 29.8 Å². The maximum Gasteiger partial charge on any atom is 0.446 e. The molecule has 1 amide bonds. The molecule has 41 heavy (non-hydrogen) atoms. The molecule has 0 atom stereocenters. The van der Waals surface area contributed by atoms with Crippen LogP contribution in [0, 0.1) is 0 Å². The van der Waals surface area contributed by atoms with Crippen LogP contribution in [0.25, 0.3) is 0 Å². The lowest BCUT2D eigenvalue weighted by atomic mass is 10.2. The molecule has 2 aromatic heterocycles. The number of methoxy groups -OCH3 is 2. The van der Waals surface area contributed by atoms with E-state index in [1.807, 2.05) is 20.8 Å². The largest absolute Gasteiger partial charge is 0.481 e. The van der Waals surface area contributed by atoms with E-state index < -0.39 is 18.1 Å². The maximum atomic E-state index is 11.7. The molecule has 0 saturated carbocycles. The minimum atomic E-state index is -4.64. The van der Waals surface area contributed by atoms with E-state index >= 15 is 0 Å². The lowest BCUT2D eigenvalue weighted by Gasteiger charge is -2.39. The van der Waals surface area contributed by atoms with Gasteiger partial charge >= 0.3 is 12.3 Å². The van der Waals surface area contributed by atoms with Gasteiger partial charge in [-0.15, -0.1) is 0 Å². The molecule has 2 saturated heterocycles. The van der Waals surface area contributed by atoms with E-state index in [2.05, 4.69) is 25.3 Å². The standard InChI is InChI=1S/C13H19N3O4.C8H11N3O2.C2HF3O.C2H6/c1-13(2,3)20-12(17)16-6-9(7-16)19-11-5-10(18-4)14-8-15-11;1-12-7-2-8(11-5-10-7)13-6-3-9-4-6;3-2(4,5)1-6;1-2/h5,8-9H,6-7H2,1-4H3;2,5-6,9H,3-4H2,1H3;1H;1-2H3/i;;;1D. The lowest BCUT2D eigenvalue weighted by Crippen LogP contribution is -2.57. The van der Waals surface area contributed by atoms with Crippen molar-refractivity contribution in [1.29, 1.82) is 0 Å². The molecule has 4 rings (SSSR count). The van der Waals surface area contributed by atoms with Gasteiger partial charge in [0.1, 0.15) is 30.5 Å². The Morgan fingerprint density at radius 2 is 1.37 bits per heavy atom. The molecular weight excluding hydrogens is 553 g/mol. The van der Waals surface area contributed by atoms with Gasteiger partial charge in [0.25, 0.3) is 0 Å². The van der Waals surface area contributed by atoms with Crippen molar-refractivity contribution in [3.05, 3.63) is 24.8 Å². The second-order valence-electron chi connectivity index (χ2n) is 8.98. The third-order valence-corrected chi connectivity index (χ3v) is 4.60. The van der Waals surface area contributed by atoms with Crippen molar-refractivity contribution in [3.63, 3.8) is 0 Å². The maximum absolute atomic E-state index is 11.7. The molecule has 2 aliphatic heterocycles. The Hall–Kier alpha value is -3.95. The number of halogens is 3. The molecular formula is C25H37F3N6O7. The minimum Gasteiger partial charge on any atom is -0.481 e. The van der Waals surface area contributed by atoms with Crippen molar-refractivity contribution in [3.8, 4) is 23.5 Å². The topological polar surface area (TPSA) is 147 Å². The van der Waals surface area contributed by atoms with Crippen molar-refractivity contribution < 1.29 is 47.8 Å². The highest BCUT2D eigenvalue weighted by Crippen LogP contribution is 2.20. The first-order valence-electron chi connectivity index (χ1n) is 13.0. The molecule has 0 spiro atoms. The average molecular weight is 592 g/mol. The zero-order chi connectivity index (χ0) is 31.8. The van der Waals surface area contributed by atoms with Crippen LogP contribution in [-0.4, -0.2) is 102 Å². The summed E-state index contributed by atoms with van der Waals surface area (Å²) in [4.78, 5) is 37.8. The summed E-state index contributed by atoms with van der Waals surface area (Å²) in [7, 11) is 3.09.